The number of anilines is 2. The number of hydrogen-bond acceptors (Lipinski definition) is 4. The highest BCUT2D eigenvalue weighted by atomic mass is 16.3. The summed E-state index contributed by atoms with van der Waals surface area (Å²) in [6, 6.07) is 3.85. The maximum atomic E-state index is 9.18. The van der Waals surface area contributed by atoms with Gasteiger partial charge in [0.15, 0.2) is 5.82 Å². The van der Waals surface area contributed by atoms with Gasteiger partial charge < -0.3 is 15.7 Å². The van der Waals surface area contributed by atoms with Crippen LogP contribution in [-0.4, -0.2) is 29.3 Å². The molecule has 0 amide bonds. The number of nitrogens with zero attached hydrogens (tertiary/aromatic N) is 2. The average molecular weight is 193 g/mol. The maximum absolute atomic E-state index is 9.18. The molecular weight excluding hydrogens is 178 g/mol. The van der Waals surface area contributed by atoms with Crippen LogP contribution in [0.3, 0.4) is 0 Å². The predicted octanol–water partition coefficient (Wildman–Crippen LogP) is 0.625. The van der Waals surface area contributed by atoms with E-state index in [9.17, 15) is 5.11 Å². The van der Waals surface area contributed by atoms with Gasteiger partial charge in [0.2, 0.25) is 0 Å². The summed E-state index contributed by atoms with van der Waals surface area (Å²) in [5.74, 6) is 0.809. The normalized spacial score (nSPS) is 21.5. The number of aromatic nitrogens is 1. The van der Waals surface area contributed by atoms with Crippen molar-refractivity contribution in [2.45, 2.75) is 18.9 Å². The van der Waals surface area contributed by atoms with E-state index >= 15 is 0 Å². The molecule has 3 N–H and O–H groups in total. The molecule has 2 heterocycles. The van der Waals surface area contributed by atoms with Crippen molar-refractivity contribution in [2.24, 2.45) is 0 Å². The SMILES string of the molecule is Nc1cccnc1N1CCCC1CO. The highest BCUT2D eigenvalue weighted by molar-refractivity contribution is 5.63. The van der Waals surface area contributed by atoms with Crippen molar-refractivity contribution in [3.8, 4) is 0 Å². The zero-order valence-corrected chi connectivity index (χ0v) is 8.06. The van der Waals surface area contributed by atoms with Gasteiger partial charge in [0.1, 0.15) is 0 Å². The first-order valence-electron chi connectivity index (χ1n) is 4.91. The lowest BCUT2D eigenvalue weighted by Crippen LogP contribution is -2.33. The smallest absolute Gasteiger partial charge is 0.152 e. The topological polar surface area (TPSA) is 62.4 Å². The van der Waals surface area contributed by atoms with Crippen LogP contribution in [0.2, 0.25) is 0 Å². The number of pyridine rings is 1. The number of nitrogen functional groups attached to an aromatic ring is 1. The summed E-state index contributed by atoms with van der Waals surface area (Å²) >= 11 is 0. The third-order valence-corrected chi connectivity index (χ3v) is 2.68. The van der Waals surface area contributed by atoms with Gasteiger partial charge in [0.25, 0.3) is 0 Å². The Bertz CT molecular complexity index is 316. The van der Waals surface area contributed by atoms with Gasteiger partial charge in [0, 0.05) is 12.7 Å². The molecule has 2 rings (SSSR count). The fourth-order valence-corrected chi connectivity index (χ4v) is 1.95. The Kier molecular flexibility index (Phi) is 2.54. The Morgan fingerprint density at radius 2 is 2.50 bits per heavy atom. The zero-order valence-electron chi connectivity index (χ0n) is 8.06. The first-order valence-corrected chi connectivity index (χ1v) is 4.91. The lowest BCUT2D eigenvalue weighted by molar-refractivity contribution is 0.266. The van der Waals surface area contributed by atoms with E-state index in [0.717, 1.165) is 25.2 Å². The van der Waals surface area contributed by atoms with E-state index in [4.69, 9.17) is 5.73 Å². The number of nitrogens with two attached hydrogens (primary N) is 1. The van der Waals surface area contributed by atoms with Crippen LogP contribution in [0.1, 0.15) is 12.8 Å². The third kappa shape index (κ3) is 1.53. The van der Waals surface area contributed by atoms with Crippen LogP contribution < -0.4 is 10.6 Å². The van der Waals surface area contributed by atoms with E-state index in [1.807, 2.05) is 12.1 Å². The second-order valence-corrected chi connectivity index (χ2v) is 3.59. The molecule has 0 aromatic carbocycles. The minimum absolute atomic E-state index is 0.177. The minimum Gasteiger partial charge on any atom is -0.396 e. The van der Waals surface area contributed by atoms with Crippen molar-refractivity contribution in [1.29, 1.82) is 0 Å². The quantitative estimate of drug-likeness (QED) is 0.723. The van der Waals surface area contributed by atoms with Gasteiger partial charge in [-0.25, -0.2) is 4.98 Å². The van der Waals surface area contributed by atoms with Crippen molar-refractivity contribution < 1.29 is 5.11 Å². The zero-order chi connectivity index (χ0) is 9.97. The molecule has 0 spiro atoms. The highest BCUT2D eigenvalue weighted by Gasteiger charge is 2.25. The Morgan fingerprint density at radius 3 is 3.21 bits per heavy atom. The average Bonchev–Trinajstić information content (AvgIpc) is 2.66. The van der Waals surface area contributed by atoms with E-state index in [0.29, 0.717) is 5.69 Å². The summed E-state index contributed by atoms with van der Waals surface area (Å²) in [6.45, 7) is 1.11. The molecule has 4 heteroatoms. The molecule has 0 radical (unpaired) electrons. The summed E-state index contributed by atoms with van der Waals surface area (Å²) < 4.78 is 0. The van der Waals surface area contributed by atoms with Crippen LogP contribution in [0.15, 0.2) is 18.3 Å². The third-order valence-electron chi connectivity index (χ3n) is 2.68. The first-order chi connectivity index (χ1) is 6.83. The second-order valence-electron chi connectivity index (χ2n) is 3.59. The molecule has 1 fully saturated rings. The summed E-state index contributed by atoms with van der Waals surface area (Å²) in [5.41, 5.74) is 6.52. The largest absolute Gasteiger partial charge is 0.396 e. The highest BCUT2D eigenvalue weighted by Crippen LogP contribution is 2.27. The lowest BCUT2D eigenvalue weighted by atomic mass is 10.2. The fraction of sp³-hybridized carbons (Fsp3) is 0.500. The molecule has 1 aromatic heterocycles. The van der Waals surface area contributed by atoms with Crippen molar-refractivity contribution in [3.63, 3.8) is 0 Å². The summed E-state index contributed by atoms with van der Waals surface area (Å²) in [6.07, 6.45) is 3.85. The van der Waals surface area contributed by atoms with Crippen LogP contribution >= 0.6 is 0 Å². The van der Waals surface area contributed by atoms with Crippen LogP contribution in [0.5, 0.6) is 0 Å². The van der Waals surface area contributed by atoms with Gasteiger partial charge in [-0.1, -0.05) is 0 Å². The maximum Gasteiger partial charge on any atom is 0.152 e. The van der Waals surface area contributed by atoms with Crippen molar-refractivity contribution in [2.75, 3.05) is 23.8 Å². The standard InChI is InChI=1S/C10H15N3O/c11-9-4-1-5-12-10(9)13-6-2-3-8(13)7-14/h1,4-5,8,14H,2-3,6-7,11H2. The van der Waals surface area contributed by atoms with E-state index < -0.39 is 0 Å². The molecule has 14 heavy (non-hydrogen) atoms. The van der Waals surface area contributed by atoms with Gasteiger partial charge in [-0.2, -0.15) is 0 Å². The van der Waals surface area contributed by atoms with E-state index in [2.05, 4.69) is 9.88 Å². The molecule has 76 valence electrons. The van der Waals surface area contributed by atoms with E-state index in [-0.39, 0.29) is 12.6 Å². The molecule has 1 atom stereocenters. The molecule has 1 unspecified atom stereocenters. The van der Waals surface area contributed by atoms with Crippen molar-refractivity contribution in [3.05, 3.63) is 18.3 Å². The number of aliphatic hydroxyl groups excluding tert-OH is 1. The molecule has 0 aliphatic carbocycles. The second kappa shape index (κ2) is 3.84. The number of aliphatic hydroxyl groups is 1. The molecule has 1 aliphatic heterocycles. The van der Waals surface area contributed by atoms with Crippen LogP contribution in [-0.2, 0) is 0 Å². The molecular formula is C10H15N3O. The Balaban J connectivity index is 2.26. The van der Waals surface area contributed by atoms with Gasteiger partial charge in [0.05, 0.1) is 18.3 Å². The fourth-order valence-electron chi connectivity index (χ4n) is 1.95. The molecule has 1 saturated heterocycles. The predicted molar refractivity (Wildman–Crippen MR) is 56.1 cm³/mol. The molecule has 4 nitrogen and oxygen atoms in total. The Hall–Kier alpha value is -1.29. The van der Waals surface area contributed by atoms with Crippen LogP contribution in [0.4, 0.5) is 11.5 Å². The van der Waals surface area contributed by atoms with E-state index in [1.54, 1.807) is 6.20 Å². The number of rotatable bonds is 2. The monoisotopic (exact) mass is 193 g/mol. The van der Waals surface area contributed by atoms with Gasteiger partial charge in [-0.05, 0) is 25.0 Å². The van der Waals surface area contributed by atoms with Gasteiger partial charge in [-0.15, -0.1) is 0 Å². The molecule has 0 saturated carbocycles. The van der Waals surface area contributed by atoms with Crippen LogP contribution in [0, 0.1) is 0 Å². The Morgan fingerprint density at radius 1 is 1.64 bits per heavy atom. The van der Waals surface area contributed by atoms with Gasteiger partial charge >= 0.3 is 0 Å². The first kappa shape index (κ1) is 9.27. The Labute approximate surface area is 83.4 Å². The summed E-state index contributed by atoms with van der Waals surface area (Å²) in [7, 11) is 0. The van der Waals surface area contributed by atoms with Gasteiger partial charge in [-0.3, -0.25) is 0 Å². The van der Waals surface area contributed by atoms with E-state index in [1.165, 1.54) is 0 Å². The van der Waals surface area contributed by atoms with Crippen molar-refractivity contribution >= 4 is 11.5 Å². The molecule has 0 bridgehead atoms. The molecule has 1 aliphatic rings. The number of hydrogen-bond donors (Lipinski definition) is 2. The van der Waals surface area contributed by atoms with Crippen LogP contribution in [0.25, 0.3) is 0 Å². The molecule has 1 aromatic rings. The lowest BCUT2D eigenvalue weighted by Gasteiger charge is -2.24. The summed E-state index contributed by atoms with van der Waals surface area (Å²) in [4.78, 5) is 6.34. The summed E-state index contributed by atoms with van der Waals surface area (Å²) in [5, 5.41) is 9.18. The van der Waals surface area contributed by atoms with Crippen molar-refractivity contribution in [1.82, 2.24) is 4.98 Å². The minimum atomic E-state index is 0.177.